The van der Waals surface area contributed by atoms with E-state index < -0.39 is 5.60 Å². The summed E-state index contributed by atoms with van der Waals surface area (Å²) in [6, 6.07) is 7.40. The number of rotatable bonds is 3. The Bertz CT molecular complexity index is 752. The number of hydrogen-bond acceptors (Lipinski definition) is 6. The predicted molar refractivity (Wildman–Crippen MR) is 94.3 cm³/mol. The molecule has 1 saturated heterocycles. The van der Waals surface area contributed by atoms with Crippen molar-refractivity contribution in [3.8, 4) is 0 Å². The Balaban J connectivity index is 1.47. The van der Waals surface area contributed by atoms with Crippen LogP contribution in [-0.4, -0.2) is 40.6 Å². The zero-order chi connectivity index (χ0) is 18.7. The standard InChI is InChI=1S/C19H24N2O5/c1-19(2,3)26-18(23)21-10-8-13(9-11-21)17(22)24-12-16-20-14-6-4-5-7-15(14)25-16/h4-7,13H,8-12H2,1-3H3. The van der Waals surface area contributed by atoms with Gasteiger partial charge in [0.25, 0.3) is 0 Å². The Hall–Kier alpha value is -2.57. The van der Waals surface area contributed by atoms with Crippen molar-refractivity contribution in [2.24, 2.45) is 5.92 Å². The molecule has 1 aromatic heterocycles. The first-order valence-electron chi connectivity index (χ1n) is 8.81. The number of piperidine rings is 1. The predicted octanol–water partition coefficient (Wildman–Crippen LogP) is 3.52. The minimum Gasteiger partial charge on any atom is -0.455 e. The average molecular weight is 360 g/mol. The lowest BCUT2D eigenvalue weighted by Crippen LogP contribution is -2.43. The monoisotopic (exact) mass is 360 g/mol. The number of oxazole rings is 1. The van der Waals surface area contributed by atoms with Gasteiger partial charge in [-0.1, -0.05) is 12.1 Å². The molecule has 26 heavy (non-hydrogen) atoms. The molecule has 2 heterocycles. The van der Waals surface area contributed by atoms with E-state index in [1.807, 2.05) is 45.0 Å². The second-order valence-corrected chi connectivity index (χ2v) is 7.42. The van der Waals surface area contributed by atoms with E-state index in [2.05, 4.69) is 4.98 Å². The van der Waals surface area contributed by atoms with Crippen LogP contribution in [0.15, 0.2) is 28.7 Å². The Labute approximate surface area is 152 Å². The largest absolute Gasteiger partial charge is 0.455 e. The molecule has 1 amide bonds. The van der Waals surface area contributed by atoms with Crippen LogP contribution in [-0.2, 0) is 20.9 Å². The number of likely N-dealkylation sites (tertiary alicyclic amines) is 1. The van der Waals surface area contributed by atoms with E-state index in [9.17, 15) is 9.59 Å². The first kappa shape index (κ1) is 18.2. The van der Waals surface area contributed by atoms with Crippen molar-refractivity contribution in [1.29, 1.82) is 0 Å². The molecular weight excluding hydrogens is 336 g/mol. The highest BCUT2D eigenvalue weighted by Crippen LogP contribution is 2.22. The highest BCUT2D eigenvalue weighted by molar-refractivity contribution is 5.74. The fourth-order valence-corrected chi connectivity index (χ4v) is 2.86. The second-order valence-electron chi connectivity index (χ2n) is 7.42. The van der Waals surface area contributed by atoms with E-state index in [0.29, 0.717) is 37.4 Å². The van der Waals surface area contributed by atoms with Crippen molar-refractivity contribution in [3.63, 3.8) is 0 Å². The molecule has 0 bridgehead atoms. The molecule has 0 unspecified atom stereocenters. The van der Waals surface area contributed by atoms with Crippen molar-refractivity contribution in [1.82, 2.24) is 9.88 Å². The number of aromatic nitrogens is 1. The Morgan fingerprint density at radius 1 is 1.23 bits per heavy atom. The molecule has 0 saturated carbocycles. The van der Waals surface area contributed by atoms with Crippen LogP contribution in [0.4, 0.5) is 4.79 Å². The van der Waals surface area contributed by atoms with Gasteiger partial charge >= 0.3 is 12.1 Å². The van der Waals surface area contributed by atoms with E-state index in [4.69, 9.17) is 13.9 Å². The van der Waals surface area contributed by atoms with Gasteiger partial charge in [0, 0.05) is 13.1 Å². The number of ether oxygens (including phenoxy) is 2. The minimum absolute atomic E-state index is 0.0137. The molecule has 0 N–H and O–H groups in total. The first-order valence-corrected chi connectivity index (χ1v) is 8.81. The molecule has 0 radical (unpaired) electrons. The van der Waals surface area contributed by atoms with Crippen molar-refractivity contribution in [2.45, 2.75) is 45.8 Å². The Morgan fingerprint density at radius 2 is 1.92 bits per heavy atom. The fourth-order valence-electron chi connectivity index (χ4n) is 2.86. The number of esters is 1. The SMILES string of the molecule is CC(C)(C)OC(=O)N1CCC(C(=O)OCc2nc3ccccc3o2)CC1. The minimum atomic E-state index is -0.521. The molecule has 1 aromatic carbocycles. The number of carbonyl (C=O) groups excluding carboxylic acids is 2. The summed E-state index contributed by atoms with van der Waals surface area (Å²) in [6.45, 7) is 6.48. The number of amides is 1. The van der Waals surface area contributed by atoms with Crippen molar-refractivity contribution >= 4 is 23.2 Å². The molecule has 1 aliphatic heterocycles. The van der Waals surface area contributed by atoms with Crippen molar-refractivity contribution in [2.75, 3.05) is 13.1 Å². The van der Waals surface area contributed by atoms with Gasteiger partial charge in [0.1, 0.15) is 11.1 Å². The maximum atomic E-state index is 12.3. The van der Waals surface area contributed by atoms with Gasteiger partial charge in [-0.2, -0.15) is 0 Å². The van der Waals surface area contributed by atoms with E-state index in [0.717, 1.165) is 5.52 Å². The summed E-state index contributed by atoms with van der Waals surface area (Å²) < 4.78 is 16.2. The van der Waals surface area contributed by atoms with Crippen LogP contribution in [0.2, 0.25) is 0 Å². The lowest BCUT2D eigenvalue weighted by molar-refractivity contribution is -0.152. The molecular formula is C19H24N2O5. The summed E-state index contributed by atoms with van der Waals surface area (Å²) in [7, 11) is 0. The second kappa shape index (κ2) is 7.35. The smallest absolute Gasteiger partial charge is 0.410 e. The lowest BCUT2D eigenvalue weighted by Gasteiger charge is -2.32. The topological polar surface area (TPSA) is 81.9 Å². The quantitative estimate of drug-likeness (QED) is 0.779. The van der Waals surface area contributed by atoms with E-state index in [1.54, 1.807) is 4.90 Å². The van der Waals surface area contributed by atoms with E-state index >= 15 is 0 Å². The van der Waals surface area contributed by atoms with Gasteiger partial charge in [-0.3, -0.25) is 4.79 Å². The number of para-hydroxylation sites is 2. The highest BCUT2D eigenvalue weighted by Gasteiger charge is 2.30. The zero-order valence-corrected chi connectivity index (χ0v) is 15.4. The van der Waals surface area contributed by atoms with Crippen molar-refractivity contribution in [3.05, 3.63) is 30.2 Å². The molecule has 7 nitrogen and oxygen atoms in total. The summed E-state index contributed by atoms with van der Waals surface area (Å²) in [5.74, 6) is -0.125. The molecule has 1 fully saturated rings. The van der Waals surface area contributed by atoms with Crippen LogP contribution in [0.25, 0.3) is 11.1 Å². The molecule has 7 heteroatoms. The van der Waals surface area contributed by atoms with Gasteiger partial charge in [0.15, 0.2) is 12.2 Å². The maximum Gasteiger partial charge on any atom is 0.410 e. The van der Waals surface area contributed by atoms with E-state index in [-0.39, 0.29) is 24.6 Å². The third kappa shape index (κ3) is 4.53. The molecule has 0 spiro atoms. The average Bonchev–Trinajstić information content (AvgIpc) is 3.01. The number of benzene rings is 1. The van der Waals surface area contributed by atoms with Crippen LogP contribution in [0.1, 0.15) is 39.5 Å². The highest BCUT2D eigenvalue weighted by atomic mass is 16.6. The van der Waals surface area contributed by atoms with Gasteiger partial charge in [-0.25, -0.2) is 9.78 Å². The molecule has 0 aliphatic carbocycles. The summed E-state index contributed by atoms with van der Waals surface area (Å²) in [6.07, 6.45) is 0.785. The normalized spacial score (nSPS) is 15.9. The van der Waals surface area contributed by atoms with Gasteiger partial charge in [-0.05, 0) is 45.7 Å². The molecule has 2 aromatic rings. The third-order valence-corrected chi connectivity index (χ3v) is 4.16. The van der Waals surface area contributed by atoms with Gasteiger partial charge in [0.2, 0.25) is 5.89 Å². The molecule has 3 rings (SSSR count). The fraction of sp³-hybridized carbons (Fsp3) is 0.526. The maximum absolute atomic E-state index is 12.3. The van der Waals surface area contributed by atoms with Gasteiger partial charge in [-0.15, -0.1) is 0 Å². The molecule has 140 valence electrons. The van der Waals surface area contributed by atoms with Crippen LogP contribution < -0.4 is 0 Å². The van der Waals surface area contributed by atoms with Crippen LogP contribution in [0.3, 0.4) is 0 Å². The summed E-state index contributed by atoms with van der Waals surface area (Å²) in [5.41, 5.74) is 0.889. The molecule has 0 atom stereocenters. The lowest BCUT2D eigenvalue weighted by atomic mass is 9.97. The number of fused-ring (bicyclic) bond motifs is 1. The summed E-state index contributed by atoms with van der Waals surface area (Å²) in [4.78, 5) is 30.2. The van der Waals surface area contributed by atoms with Crippen LogP contribution in [0.5, 0.6) is 0 Å². The first-order chi connectivity index (χ1) is 12.3. The number of nitrogens with zero attached hydrogens (tertiary/aromatic N) is 2. The van der Waals surface area contributed by atoms with Crippen LogP contribution >= 0.6 is 0 Å². The third-order valence-electron chi connectivity index (χ3n) is 4.16. The Morgan fingerprint density at radius 3 is 2.58 bits per heavy atom. The number of carbonyl (C=O) groups is 2. The summed E-state index contributed by atoms with van der Waals surface area (Å²) >= 11 is 0. The van der Waals surface area contributed by atoms with Crippen LogP contribution in [0, 0.1) is 5.92 Å². The number of hydrogen-bond donors (Lipinski definition) is 0. The van der Waals surface area contributed by atoms with Crippen molar-refractivity contribution < 1.29 is 23.5 Å². The Kier molecular flexibility index (Phi) is 5.15. The summed E-state index contributed by atoms with van der Waals surface area (Å²) in [5, 5.41) is 0. The zero-order valence-electron chi connectivity index (χ0n) is 15.4. The van der Waals surface area contributed by atoms with Gasteiger partial charge < -0.3 is 18.8 Å². The molecule has 1 aliphatic rings. The van der Waals surface area contributed by atoms with Gasteiger partial charge in [0.05, 0.1) is 5.92 Å². The van der Waals surface area contributed by atoms with E-state index in [1.165, 1.54) is 0 Å².